The number of benzene rings is 1. The van der Waals surface area contributed by atoms with Crippen molar-refractivity contribution < 1.29 is 14.2 Å². The van der Waals surface area contributed by atoms with Crippen molar-refractivity contribution in [3.05, 3.63) is 22.2 Å². The molecule has 0 bridgehead atoms. The first-order chi connectivity index (χ1) is 11.8. The summed E-state index contributed by atoms with van der Waals surface area (Å²) in [5.74, 6) is 2.33. The van der Waals surface area contributed by atoms with Gasteiger partial charge in [-0.05, 0) is 33.6 Å². The number of guanidine groups is 1. The summed E-state index contributed by atoms with van der Waals surface area (Å²) in [5, 5.41) is 6.66. The van der Waals surface area contributed by atoms with E-state index in [9.17, 15) is 0 Å². The number of halogens is 1. The van der Waals surface area contributed by atoms with Crippen molar-refractivity contribution in [1.82, 2.24) is 15.5 Å². The van der Waals surface area contributed by atoms with Crippen LogP contribution in [0.15, 0.2) is 21.6 Å². The van der Waals surface area contributed by atoms with Gasteiger partial charge in [0.15, 0.2) is 17.5 Å². The molecule has 132 valence electrons. The molecule has 2 N–H and O–H groups in total. The Morgan fingerprint density at radius 1 is 1.25 bits per heavy atom. The third kappa shape index (κ3) is 4.52. The van der Waals surface area contributed by atoms with E-state index in [4.69, 9.17) is 14.2 Å². The number of rotatable bonds is 5. The van der Waals surface area contributed by atoms with Crippen molar-refractivity contribution in [3.8, 4) is 11.5 Å². The van der Waals surface area contributed by atoms with Crippen LogP contribution in [0.4, 0.5) is 0 Å². The average molecular weight is 399 g/mol. The topological polar surface area (TPSA) is 67.4 Å². The van der Waals surface area contributed by atoms with E-state index in [1.165, 1.54) is 0 Å². The van der Waals surface area contributed by atoms with Gasteiger partial charge in [0, 0.05) is 39.8 Å². The molecule has 24 heavy (non-hydrogen) atoms. The molecule has 2 aliphatic heterocycles. The van der Waals surface area contributed by atoms with Crippen molar-refractivity contribution in [3.63, 3.8) is 0 Å². The number of nitrogens with zero attached hydrogens (tertiary/aromatic N) is 2. The van der Waals surface area contributed by atoms with E-state index in [-0.39, 0.29) is 6.79 Å². The minimum atomic E-state index is 0.273. The molecule has 1 aromatic carbocycles. The van der Waals surface area contributed by atoms with Crippen molar-refractivity contribution in [2.75, 3.05) is 53.2 Å². The second kappa shape index (κ2) is 8.55. The summed E-state index contributed by atoms with van der Waals surface area (Å²) in [4.78, 5) is 6.65. The van der Waals surface area contributed by atoms with E-state index < -0.39 is 0 Å². The minimum Gasteiger partial charge on any atom is -0.454 e. The van der Waals surface area contributed by atoms with Crippen LogP contribution >= 0.6 is 15.9 Å². The van der Waals surface area contributed by atoms with Gasteiger partial charge in [0.05, 0.1) is 17.7 Å². The lowest BCUT2D eigenvalue weighted by Gasteiger charge is -2.26. The Morgan fingerprint density at radius 2 is 2.08 bits per heavy atom. The highest BCUT2D eigenvalue weighted by molar-refractivity contribution is 9.10. The third-order valence-corrected chi connectivity index (χ3v) is 4.58. The summed E-state index contributed by atoms with van der Waals surface area (Å²) in [7, 11) is 1.78. The molecule has 0 radical (unpaired) electrons. The average Bonchev–Trinajstić information content (AvgIpc) is 3.08. The molecule has 3 rings (SSSR count). The summed E-state index contributed by atoms with van der Waals surface area (Å²) in [6.07, 6.45) is 0. The van der Waals surface area contributed by atoms with E-state index in [0.29, 0.717) is 6.54 Å². The second-order valence-electron chi connectivity index (χ2n) is 5.62. The molecule has 7 nitrogen and oxygen atoms in total. The highest BCUT2D eigenvalue weighted by Gasteiger charge is 2.18. The lowest BCUT2D eigenvalue weighted by Crippen LogP contribution is -2.44. The van der Waals surface area contributed by atoms with Gasteiger partial charge in [0.2, 0.25) is 6.79 Å². The van der Waals surface area contributed by atoms with E-state index in [1.807, 2.05) is 12.1 Å². The molecule has 1 fully saturated rings. The smallest absolute Gasteiger partial charge is 0.231 e. The van der Waals surface area contributed by atoms with Crippen LogP contribution in [0.1, 0.15) is 5.56 Å². The number of nitrogens with one attached hydrogen (secondary N) is 2. The summed E-state index contributed by atoms with van der Waals surface area (Å²) in [6.45, 7) is 6.42. The van der Waals surface area contributed by atoms with E-state index in [2.05, 4.69) is 36.5 Å². The lowest BCUT2D eigenvalue weighted by atomic mass is 10.2. The van der Waals surface area contributed by atoms with Gasteiger partial charge >= 0.3 is 0 Å². The summed E-state index contributed by atoms with van der Waals surface area (Å²) < 4.78 is 17.1. The molecule has 0 amide bonds. The van der Waals surface area contributed by atoms with Crippen LogP contribution in [-0.2, 0) is 11.3 Å². The standard InChI is InChI=1S/C16H23BrN4O3/c1-18-16(19-2-3-21-4-6-22-7-5-21)20-10-12-8-13(17)15-14(9-12)23-11-24-15/h8-9H,2-7,10-11H2,1H3,(H2,18,19,20). The Labute approximate surface area is 150 Å². The number of ether oxygens (including phenoxy) is 3. The summed E-state index contributed by atoms with van der Waals surface area (Å²) in [5.41, 5.74) is 1.10. The van der Waals surface area contributed by atoms with Gasteiger partial charge in [-0.1, -0.05) is 0 Å². The van der Waals surface area contributed by atoms with Crippen molar-refractivity contribution >= 4 is 21.9 Å². The van der Waals surface area contributed by atoms with Crippen LogP contribution in [-0.4, -0.2) is 64.1 Å². The van der Waals surface area contributed by atoms with Gasteiger partial charge in [0.25, 0.3) is 0 Å². The Morgan fingerprint density at radius 3 is 2.88 bits per heavy atom. The fourth-order valence-corrected chi connectivity index (χ4v) is 3.29. The maximum atomic E-state index is 5.44. The maximum Gasteiger partial charge on any atom is 0.231 e. The number of aliphatic imine (C=N–C) groups is 1. The van der Waals surface area contributed by atoms with Crippen LogP contribution in [0, 0.1) is 0 Å². The molecular formula is C16H23BrN4O3. The molecule has 8 heteroatoms. The van der Waals surface area contributed by atoms with Gasteiger partial charge in [-0.3, -0.25) is 9.89 Å². The Hall–Kier alpha value is -1.51. The molecule has 0 aliphatic carbocycles. The molecule has 0 aromatic heterocycles. The van der Waals surface area contributed by atoms with Gasteiger partial charge in [0.1, 0.15) is 0 Å². The van der Waals surface area contributed by atoms with Crippen LogP contribution < -0.4 is 20.1 Å². The number of hydrogen-bond donors (Lipinski definition) is 2. The Balaban J connectivity index is 1.45. The van der Waals surface area contributed by atoms with Crippen molar-refractivity contribution in [1.29, 1.82) is 0 Å². The summed E-state index contributed by atoms with van der Waals surface area (Å²) in [6, 6.07) is 4.02. The van der Waals surface area contributed by atoms with Gasteiger partial charge < -0.3 is 24.8 Å². The highest BCUT2D eigenvalue weighted by atomic mass is 79.9. The van der Waals surface area contributed by atoms with Crippen LogP contribution in [0.5, 0.6) is 11.5 Å². The molecule has 2 heterocycles. The summed E-state index contributed by atoms with van der Waals surface area (Å²) >= 11 is 3.51. The first kappa shape index (κ1) is 17.3. The maximum absolute atomic E-state index is 5.44. The molecule has 1 saturated heterocycles. The van der Waals surface area contributed by atoms with Crippen LogP contribution in [0.3, 0.4) is 0 Å². The largest absolute Gasteiger partial charge is 0.454 e. The predicted molar refractivity (Wildman–Crippen MR) is 95.7 cm³/mol. The van der Waals surface area contributed by atoms with Crippen LogP contribution in [0.2, 0.25) is 0 Å². The van der Waals surface area contributed by atoms with Crippen molar-refractivity contribution in [2.24, 2.45) is 4.99 Å². The highest BCUT2D eigenvalue weighted by Crippen LogP contribution is 2.39. The van der Waals surface area contributed by atoms with E-state index in [1.54, 1.807) is 7.05 Å². The SMILES string of the molecule is CN=C(NCCN1CCOCC1)NCc1cc(Br)c2c(c1)OCO2. The fraction of sp³-hybridized carbons (Fsp3) is 0.562. The number of hydrogen-bond acceptors (Lipinski definition) is 5. The predicted octanol–water partition coefficient (Wildman–Crippen LogP) is 1.18. The normalized spacial score (nSPS) is 17.8. The third-order valence-electron chi connectivity index (χ3n) is 3.99. The quantitative estimate of drug-likeness (QED) is 0.573. The molecule has 2 aliphatic rings. The fourth-order valence-electron chi connectivity index (χ4n) is 2.69. The number of fused-ring (bicyclic) bond motifs is 1. The minimum absolute atomic E-state index is 0.273. The molecule has 1 aromatic rings. The zero-order valence-electron chi connectivity index (χ0n) is 13.8. The first-order valence-electron chi connectivity index (χ1n) is 8.09. The monoisotopic (exact) mass is 398 g/mol. The second-order valence-corrected chi connectivity index (χ2v) is 6.47. The van der Waals surface area contributed by atoms with Gasteiger partial charge in [-0.2, -0.15) is 0 Å². The van der Waals surface area contributed by atoms with E-state index in [0.717, 1.165) is 66.9 Å². The Kier molecular flexibility index (Phi) is 6.17. The van der Waals surface area contributed by atoms with Crippen LogP contribution in [0.25, 0.3) is 0 Å². The van der Waals surface area contributed by atoms with E-state index >= 15 is 0 Å². The molecule has 0 spiro atoms. The van der Waals surface area contributed by atoms with Crippen molar-refractivity contribution in [2.45, 2.75) is 6.54 Å². The molecule has 0 unspecified atom stereocenters. The van der Waals surface area contributed by atoms with Gasteiger partial charge in [-0.15, -0.1) is 0 Å². The molecule has 0 atom stereocenters. The first-order valence-corrected chi connectivity index (χ1v) is 8.88. The lowest BCUT2D eigenvalue weighted by molar-refractivity contribution is 0.0389. The molecule has 0 saturated carbocycles. The zero-order chi connectivity index (χ0) is 16.8. The molecular weight excluding hydrogens is 376 g/mol. The Bertz CT molecular complexity index is 591. The number of morpholine rings is 1. The zero-order valence-corrected chi connectivity index (χ0v) is 15.4. The van der Waals surface area contributed by atoms with Gasteiger partial charge in [-0.25, -0.2) is 0 Å².